The zero-order valence-corrected chi connectivity index (χ0v) is 14.9. The number of aliphatic hydroxyl groups is 1. The summed E-state index contributed by atoms with van der Waals surface area (Å²) < 4.78 is 5.09. The second-order valence-corrected chi connectivity index (χ2v) is 8.02. The molecule has 3 atom stereocenters. The van der Waals surface area contributed by atoms with E-state index in [1.165, 1.54) is 6.42 Å². The van der Waals surface area contributed by atoms with Gasteiger partial charge in [-0.25, -0.2) is 0 Å². The molecule has 0 bridgehead atoms. The molecule has 1 saturated heterocycles. The monoisotopic (exact) mass is 331 g/mol. The Kier molecular flexibility index (Phi) is 4.97. The van der Waals surface area contributed by atoms with Gasteiger partial charge in [-0.3, -0.25) is 4.79 Å². The summed E-state index contributed by atoms with van der Waals surface area (Å²) in [6.45, 7) is 7.37. The molecule has 1 amide bonds. The first-order valence-electron chi connectivity index (χ1n) is 9.10. The Morgan fingerprint density at radius 1 is 1.25 bits per heavy atom. The van der Waals surface area contributed by atoms with E-state index < -0.39 is 5.60 Å². The minimum atomic E-state index is -0.857. The molecular weight excluding hydrogens is 302 g/mol. The first kappa shape index (κ1) is 17.4. The lowest BCUT2D eigenvalue weighted by molar-refractivity contribution is -0.184. The van der Waals surface area contributed by atoms with Crippen molar-refractivity contribution in [3.8, 4) is 0 Å². The second-order valence-electron chi connectivity index (χ2n) is 8.02. The van der Waals surface area contributed by atoms with Gasteiger partial charge in [-0.1, -0.05) is 39.3 Å². The molecule has 1 aliphatic heterocycles. The standard InChI is InChI=1S/C20H29NO3/c1-13(2)17-9-4-14(3)10-18(17)19(22)21-16-7-5-15(6-8-16)20(23)11-24-12-20/h5-8,13-14,17-18,23H,4,9-12H2,1-3H3,(H,21,22)/t14-,17+,18-/m1/s1. The number of hydrogen-bond donors (Lipinski definition) is 2. The van der Waals surface area contributed by atoms with Crippen LogP contribution in [-0.4, -0.2) is 24.2 Å². The number of benzene rings is 1. The molecule has 1 aliphatic carbocycles. The van der Waals surface area contributed by atoms with Crippen LogP contribution in [0.5, 0.6) is 0 Å². The summed E-state index contributed by atoms with van der Waals surface area (Å²) in [6.07, 6.45) is 3.34. The Bertz CT molecular complexity index is 577. The fourth-order valence-electron chi connectivity index (χ4n) is 4.06. The third kappa shape index (κ3) is 3.50. The van der Waals surface area contributed by atoms with Gasteiger partial charge in [0.05, 0.1) is 13.2 Å². The summed E-state index contributed by atoms with van der Waals surface area (Å²) in [4.78, 5) is 12.8. The Balaban J connectivity index is 1.67. The maximum absolute atomic E-state index is 12.8. The van der Waals surface area contributed by atoms with Gasteiger partial charge in [0, 0.05) is 11.6 Å². The second kappa shape index (κ2) is 6.85. The molecule has 4 heteroatoms. The van der Waals surface area contributed by atoms with Crippen molar-refractivity contribution in [1.82, 2.24) is 0 Å². The molecule has 0 spiro atoms. The molecule has 2 aliphatic rings. The first-order valence-corrected chi connectivity index (χ1v) is 9.10. The molecule has 2 N–H and O–H groups in total. The summed E-state index contributed by atoms with van der Waals surface area (Å²) in [5.74, 6) is 1.85. The Labute approximate surface area is 144 Å². The highest BCUT2D eigenvalue weighted by Crippen LogP contribution is 2.38. The van der Waals surface area contributed by atoms with Crippen LogP contribution in [0.2, 0.25) is 0 Å². The van der Waals surface area contributed by atoms with Gasteiger partial charge in [0.2, 0.25) is 5.91 Å². The molecule has 1 aromatic rings. The van der Waals surface area contributed by atoms with Crippen LogP contribution in [0.25, 0.3) is 0 Å². The van der Waals surface area contributed by atoms with Crippen LogP contribution in [0.4, 0.5) is 5.69 Å². The molecule has 132 valence electrons. The molecule has 0 aromatic heterocycles. The van der Waals surface area contributed by atoms with Crippen LogP contribution in [0.3, 0.4) is 0 Å². The van der Waals surface area contributed by atoms with E-state index in [9.17, 15) is 9.90 Å². The molecule has 0 unspecified atom stereocenters. The lowest BCUT2D eigenvalue weighted by atomic mass is 9.70. The van der Waals surface area contributed by atoms with Crippen LogP contribution in [-0.2, 0) is 15.1 Å². The number of hydrogen-bond acceptors (Lipinski definition) is 3. The van der Waals surface area contributed by atoms with Gasteiger partial charge in [-0.15, -0.1) is 0 Å². The van der Waals surface area contributed by atoms with Crippen molar-refractivity contribution in [3.05, 3.63) is 29.8 Å². The van der Waals surface area contributed by atoms with Gasteiger partial charge in [-0.05, 0) is 48.3 Å². The maximum atomic E-state index is 12.8. The average Bonchev–Trinajstić information content (AvgIpc) is 2.53. The predicted molar refractivity (Wildman–Crippen MR) is 94.6 cm³/mol. The lowest BCUT2D eigenvalue weighted by Crippen LogP contribution is -2.46. The van der Waals surface area contributed by atoms with Crippen LogP contribution in [0.1, 0.15) is 45.6 Å². The minimum absolute atomic E-state index is 0.0950. The normalized spacial score (nSPS) is 29.1. The lowest BCUT2D eigenvalue weighted by Gasteiger charge is -2.37. The van der Waals surface area contributed by atoms with Crippen LogP contribution in [0, 0.1) is 23.7 Å². The van der Waals surface area contributed by atoms with Gasteiger partial charge < -0.3 is 15.2 Å². The van der Waals surface area contributed by atoms with Crippen LogP contribution in [0.15, 0.2) is 24.3 Å². The molecule has 4 nitrogen and oxygen atoms in total. The fourth-order valence-corrected chi connectivity index (χ4v) is 4.06. The van der Waals surface area contributed by atoms with Crippen molar-refractivity contribution in [2.75, 3.05) is 18.5 Å². The number of nitrogens with one attached hydrogen (secondary N) is 1. The van der Waals surface area contributed by atoms with Crippen molar-refractivity contribution >= 4 is 11.6 Å². The molecule has 3 rings (SSSR count). The smallest absolute Gasteiger partial charge is 0.227 e. The molecule has 24 heavy (non-hydrogen) atoms. The van der Waals surface area contributed by atoms with Crippen LogP contribution < -0.4 is 5.32 Å². The van der Waals surface area contributed by atoms with E-state index in [-0.39, 0.29) is 11.8 Å². The molecule has 1 saturated carbocycles. The number of anilines is 1. The summed E-state index contributed by atoms with van der Waals surface area (Å²) in [6, 6.07) is 7.50. The molecule has 1 heterocycles. The Hall–Kier alpha value is -1.39. The highest BCUT2D eigenvalue weighted by Gasteiger charge is 2.38. The van der Waals surface area contributed by atoms with Gasteiger partial charge in [-0.2, -0.15) is 0 Å². The van der Waals surface area contributed by atoms with E-state index in [0.29, 0.717) is 31.0 Å². The van der Waals surface area contributed by atoms with E-state index >= 15 is 0 Å². The highest BCUT2D eigenvalue weighted by atomic mass is 16.5. The van der Waals surface area contributed by atoms with E-state index in [2.05, 4.69) is 26.1 Å². The van der Waals surface area contributed by atoms with Crippen molar-refractivity contribution in [2.45, 2.75) is 45.6 Å². The van der Waals surface area contributed by atoms with E-state index in [1.807, 2.05) is 24.3 Å². The number of ether oxygens (including phenoxy) is 1. The summed E-state index contributed by atoms with van der Waals surface area (Å²) >= 11 is 0. The topological polar surface area (TPSA) is 58.6 Å². The maximum Gasteiger partial charge on any atom is 0.227 e. The zero-order valence-electron chi connectivity index (χ0n) is 14.9. The summed E-state index contributed by atoms with van der Waals surface area (Å²) in [5, 5.41) is 13.4. The van der Waals surface area contributed by atoms with Gasteiger partial charge in [0.1, 0.15) is 5.60 Å². The molecular formula is C20H29NO3. The number of carbonyl (C=O) groups is 1. The highest BCUT2D eigenvalue weighted by molar-refractivity contribution is 5.92. The molecule has 1 aromatic carbocycles. The van der Waals surface area contributed by atoms with E-state index in [4.69, 9.17) is 4.74 Å². The van der Waals surface area contributed by atoms with Crippen molar-refractivity contribution in [3.63, 3.8) is 0 Å². The van der Waals surface area contributed by atoms with Gasteiger partial charge in [0.25, 0.3) is 0 Å². The summed E-state index contributed by atoms with van der Waals surface area (Å²) in [5.41, 5.74) is 0.788. The van der Waals surface area contributed by atoms with Crippen LogP contribution >= 0.6 is 0 Å². The molecule has 2 fully saturated rings. The predicted octanol–water partition coefficient (Wildman–Crippen LogP) is 3.55. The number of carbonyl (C=O) groups excluding carboxylic acids is 1. The quantitative estimate of drug-likeness (QED) is 0.887. The third-order valence-corrected chi connectivity index (χ3v) is 5.73. The fraction of sp³-hybridized carbons (Fsp3) is 0.650. The van der Waals surface area contributed by atoms with Gasteiger partial charge >= 0.3 is 0 Å². The largest absolute Gasteiger partial charge is 0.380 e. The minimum Gasteiger partial charge on any atom is -0.380 e. The Morgan fingerprint density at radius 3 is 2.46 bits per heavy atom. The average molecular weight is 331 g/mol. The Morgan fingerprint density at radius 2 is 1.92 bits per heavy atom. The van der Waals surface area contributed by atoms with Crippen molar-refractivity contribution < 1.29 is 14.6 Å². The number of rotatable bonds is 4. The number of amides is 1. The summed E-state index contributed by atoms with van der Waals surface area (Å²) in [7, 11) is 0. The molecule has 0 radical (unpaired) electrons. The first-order chi connectivity index (χ1) is 11.4. The van der Waals surface area contributed by atoms with Crippen molar-refractivity contribution in [1.29, 1.82) is 0 Å². The van der Waals surface area contributed by atoms with Gasteiger partial charge in [0.15, 0.2) is 0 Å². The zero-order chi connectivity index (χ0) is 17.3. The SMILES string of the molecule is CC(C)[C@@H]1CC[C@@H](C)C[C@H]1C(=O)Nc1ccc(C2(O)COC2)cc1. The van der Waals surface area contributed by atoms with E-state index in [0.717, 1.165) is 24.1 Å². The third-order valence-electron chi connectivity index (χ3n) is 5.73. The van der Waals surface area contributed by atoms with Crippen molar-refractivity contribution in [2.24, 2.45) is 23.7 Å². The van der Waals surface area contributed by atoms with E-state index in [1.54, 1.807) is 0 Å².